The van der Waals surface area contributed by atoms with Crippen molar-refractivity contribution < 1.29 is 9.18 Å². The molecule has 1 aliphatic heterocycles. The SMILES string of the molecule is N#CC(c1ccc(F)cc1)N1CCN(C(=O)C=Cc2cccs2)CC1. The van der Waals surface area contributed by atoms with Gasteiger partial charge in [0.2, 0.25) is 5.91 Å². The molecule has 0 N–H and O–H groups in total. The summed E-state index contributed by atoms with van der Waals surface area (Å²) in [5.74, 6) is -0.322. The Morgan fingerprint density at radius 3 is 2.52 bits per heavy atom. The highest BCUT2D eigenvalue weighted by Gasteiger charge is 2.26. The molecule has 1 unspecified atom stereocenters. The van der Waals surface area contributed by atoms with Crippen LogP contribution in [0.15, 0.2) is 47.9 Å². The maximum Gasteiger partial charge on any atom is 0.246 e. The van der Waals surface area contributed by atoms with Crippen LogP contribution in [0, 0.1) is 17.1 Å². The third-order valence-electron chi connectivity index (χ3n) is 4.23. The summed E-state index contributed by atoms with van der Waals surface area (Å²) < 4.78 is 13.1. The van der Waals surface area contributed by atoms with Gasteiger partial charge in [-0.05, 0) is 35.2 Å². The molecular formula is C19H18FN3OS. The van der Waals surface area contributed by atoms with E-state index in [2.05, 4.69) is 6.07 Å². The highest BCUT2D eigenvalue weighted by Crippen LogP contribution is 2.22. The summed E-state index contributed by atoms with van der Waals surface area (Å²) >= 11 is 1.59. The van der Waals surface area contributed by atoms with Crippen LogP contribution in [-0.2, 0) is 4.79 Å². The van der Waals surface area contributed by atoms with Crippen LogP contribution >= 0.6 is 11.3 Å². The molecule has 1 aromatic carbocycles. The van der Waals surface area contributed by atoms with Crippen LogP contribution in [0.2, 0.25) is 0 Å². The number of hydrogen-bond donors (Lipinski definition) is 0. The van der Waals surface area contributed by atoms with E-state index in [0.717, 1.165) is 10.4 Å². The molecule has 2 heterocycles. The summed E-state index contributed by atoms with van der Waals surface area (Å²) in [5, 5.41) is 11.5. The summed E-state index contributed by atoms with van der Waals surface area (Å²) in [6.07, 6.45) is 3.43. The average Bonchev–Trinajstić information content (AvgIpc) is 3.16. The smallest absolute Gasteiger partial charge is 0.246 e. The molecule has 1 aliphatic rings. The molecule has 1 fully saturated rings. The first-order chi connectivity index (χ1) is 12.2. The van der Waals surface area contributed by atoms with E-state index in [1.54, 1.807) is 34.4 Å². The van der Waals surface area contributed by atoms with E-state index in [1.165, 1.54) is 12.1 Å². The van der Waals surface area contributed by atoms with Gasteiger partial charge in [0.05, 0.1) is 6.07 Å². The molecule has 0 bridgehead atoms. The Labute approximate surface area is 150 Å². The largest absolute Gasteiger partial charge is 0.337 e. The topological polar surface area (TPSA) is 47.3 Å². The lowest BCUT2D eigenvalue weighted by molar-refractivity contribution is -0.127. The second kappa shape index (κ2) is 8.06. The molecule has 1 amide bonds. The summed E-state index contributed by atoms with van der Waals surface area (Å²) in [5.41, 5.74) is 0.779. The van der Waals surface area contributed by atoms with Crippen molar-refractivity contribution in [2.45, 2.75) is 6.04 Å². The van der Waals surface area contributed by atoms with Crippen molar-refractivity contribution in [3.8, 4) is 6.07 Å². The highest BCUT2D eigenvalue weighted by atomic mass is 32.1. The van der Waals surface area contributed by atoms with Crippen LogP contribution < -0.4 is 0 Å². The molecule has 4 nitrogen and oxygen atoms in total. The van der Waals surface area contributed by atoms with Crippen molar-refractivity contribution in [3.63, 3.8) is 0 Å². The van der Waals surface area contributed by atoms with Gasteiger partial charge >= 0.3 is 0 Å². The Balaban J connectivity index is 1.58. The van der Waals surface area contributed by atoms with E-state index in [1.807, 2.05) is 28.5 Å². The van der Waals surface area contributed by atoms with Gasteiger partial charge in [-0.25, -0.2) is 4.39 Å². The van der Waals surface area contributed by atoms with Gasteiger partial charge in [0.15, 0.2) is 0 Å². The Hall–Kier alpha value is -2.49. The molecule has 3 rings (SSSR count). The van der Waals surface area contributed by atoms with Crippen LogP contribution in [0.5, 0.6) is 0 Å². The lowest BCUT2D eigenvalue weighted by atomic mass is 10.1. The first-order valence-electron chi connectivity index (χ1n) is 8.07. The van der Waals surface area contributed by atoms with Gasteiger partial charge < -0.3 is 4.90 Å². The number of hydrogen-bond acceptors (Lipinski definition) is 4. The molecule has 0 spiro atoms. The van der Waals surface area contributed by atoms with E-state index in [-0.39, 0.29) is 11.7 Å². The number of nitriles is 1. The predicted molar refractivity (Wildman–Crippen MR) is 96.3 cm³/mol. The minimum absolute atomic E-state index is 0.0108. The third kappa shape index (κ3) is 4.32. The number of amides is 1. The molecular weight excluding hydrogens is 337 g/mol. The standard InChI is InChI=1S/C19H18FN3OS/c20-16-5-3-15(4-6-16)18(14-21)22-9-11-23(12-10-22)19(24)8-7-17-2-1-13-25-17/h1-8,13,18H,9-12H2. The minimum Gasteiger partial charge on any atom is -0.337 e. The zero-order valence-electron chi connectivity index (χ0n) is 13.6. The number of thiophene rings is 1. The Morgan fingerprint density at radius 1 is 1.20 bits per heavy atom. The van der Waals surface area contributed by atoms with E-state index in [0.29, 0.717) is 26.2 Å². The van der Waals surface area contributed by atoms with Crippen molar-refractivity contribution in [2.75, 3.05) is 26.2 Å². The summed E-state index contributed by atoms with van der Waals surface area (Å²) in [7, 11) is 0. The van der Waals surface area contributed by atoms with Crippen LogP contribution in [0.3, 0.4) is 0 Å². The molecule has 2 aromatic rings. The normalized spacial score (nSPS) is 16.7. The molecule has 1 atom stereocenters. The molecule has 6 heteroatoms. The third-order valence-corrected chi connectivity index (χ3v) is 5.07. The van der Waals surface area contributed by atoms with Crippen LogP contribution in [0.25, 0.3) is 6.08 Å². The molecule has 1 aromatic heterocycles. The number of benzene rings is 1. The number of carbonyl (C=O) groups excluding carboxylic acids is 1. The molecule has 25 heavy (non-hydrogen) atoms. The zero-order chi connectivity index (χ0) is 17.6. The fourth-order valence-corrected chi connectivity index (χ4v) is 3.48. The summed E-state index contributed by atoms with van der Waals surface area (Å²) in [4.78, 5) is 17.1. The molecule has 0 radical (unpaired) electrons. The summed E-state index contributed by atoms with van der Waals surface area (Å²) in [6, 6.07) is 11.8. The monoisotopic (exact) mass is 355 g/mol. The van der Waals surface area contributed by atoms with Crippen molar-refractivity contribution in [1.29, 1.82) is 5.26 Å². The van der Waals surface area contributed by atoms with Gasteiger partial charge in [-0.2, -0.15) is 5.26 Å². The maximum absolute atomic E-state index is 13.1. The van der Waals surface area contributed by atoms with Crippen LogP contribution in [0.1, 0.15) is 16.5 Å². The quantitative estimate of drug-likeness (QED) is 0.791. The van der Waals surface area contributed by atoms with E-state index < -0.39 is 6.04 Å². The fourth-order valence-electron chi connectivity index (χ4n) is 2.86. The van der Waals surface area contributed by atoms with Gasteiger partial charge in [0.1, 0.15) is 11.9 Å². The second-order valence-electron chi connectivity index (χ2n) is 5.79. The van der Waals surface area contributed by atoms with Crippen molar-refractivity contribution >= 4 is 23.3 Å². The number of halogens is 1. The number of piperazine rings is 1. The lowest BCUT2D eigenvalue weighted by Gasteiger charge is -2.36. The van der Waals surface area contributed by atoms with Gasteiger partial charge in [-0.3, -0.25) is 9.69 Å². The van der Waals surface area contributed by atoms with Gasteiger partial charge in [0.25, 0.3) is 0 Å². The average molecular weight is 355 g/mol. The Bertz CT molecular complexity index is 772. The van der Waals surface area contributed by atoms with Crippen molar-refractivity contribution in [2.24, 2.45) is 0 Å². The van der Waals surface area contributed by atoms with Crippen LogP contribution in [-0.4, -0.2) is 41.9 Å². The highest BCUT2D eigenvalue weighted by molar-refractivity contribution is 7.10. The van der Waals surface area contributed by atoms with E-state index in [4.69, 9.17) is 0 Å². The number of rotatable bonds is 4. The van der Waals surface area contributed by atoms with E-state index in [9.17, 15) is 14.4 Å². The number of nitrogens with zero attached hydrogens (tertiary/aromatic N) is 3. The molecule has 0 aliphatic carbocycles. The van der Waals surface area contributed by atoms with Crippen molar-refractivity contribution in [3.05, 3.63) is 64.1 Å². The Kier molecular flexibility index (Phi) is 5.59. The van der Waals surface area contributed by atoms with Gasteiger partial charge in [0, 0.05) is 37.1 Å². The summed E-state index contributed by atoms with van der Waals surface area (Å²) in [6.45, 7) is 2.39. The number of carbonyl (C=O) groups is 1. The zero-order valence-corrected chi connectivity index (χ0v) is 14.5. The lowest BCUT2D eigenvalue weighted by Crippen LogP contribution is -2.49. The van der Waals surface area contributed by atoms with Gasteiger partial charge in [-0.15, -0.1) is 11.3 Å². The van der Waals surface area contributed by atoms with Crippen molar-refractivity contribution in [1.82, 2.24) is 9.80 Å². The molecule has 1 saturated heterocycles. The second-order valence-corrected chi connectivity index (χ2v) is 6.77. The first kappa shape index (κ1) is 17.3. The Morgan fingerprint density at radius 2 is 1.92 bits per heavy atom. The fraction of sp³-hybridized carbons (Fsp3) is 0.263. The maximum atomic E-state index is 13.1. The minimum atomic E-state index is -0.417. The molecule has 0 saturated carbocycles. The van der Waals surface area contributed by atoms with Crippen LogP contribution in [0.4, 0.5) is 4.39 Å². The van der Waals surface area contributed by atoms with Gasteiger partial charge in [-0.1, -0.05) is 18.2 Å². The first-order valence-corrected chi connectivity index (χ1v) is 8.95. The predicted octanol–water partition coefficient (Wildman–Crippen LogP) is 3.31. The van der Waals surface area contributed by atoms with E-state index >= 15 is 0 Å². The molecule has 128 valence electrons.